The van der Waals surface area contributed by atoms with E-state index in [2.05, 4.69) is 0 Å². The summed E-state index contributed by atoms with van der Waals surface area (Å²) in [4.78, 5) is 0.308. The van der Waals surface area contributed by atoms with Gasteiger partial charge in [-0.15, -0.1) is 0 Å². The Hall–Kier alpha value is -1.11. The smallest absolute Gasteiger partial charge is 0.243 e. The van der Waals surface area contributed by atoms with E-state index in [9.17, 15) is 8.42 Å². The van der Waals surface area contributed by atoms with Crippen molar-refractivity contribution in [2.24, 2.45) is 0 Å². The van der Waals surface area contributed by atoms with Crippen molar-refractivity contribution in [2.45, 2.75) is 30.8 Å². The van der Waals surface area contributed by atoms with Crippen LogP contribution in [-0.2, 0) is 14.8 Å². The van der Waals surface area contributed by atoms with E-state index in [-0.39, 0.29) is 6.10 Å². The van der Waals surface area contributed by atoms with Crippen molar-refractivity contribution in [3.05, 3.63) is 23.8 Å². The molecule has 1 fully saturated rings. The lowest BCUT2D eigenvalue weighted by Crippen LogP contribution is -2.34. The number of hydrogen-bond acceptors (Lipinski definition) is 4. The predicted molar refractivity (Wildman–Crippen MR) is 74.4 cm³/mol. The van der Waals surface area contributed by atoms with Crippen molar-refractivity contribution in [1.82, 2.24) is 4.31 Å². The molecule has 1 unspecified atom stereocenters. The number of ether oxygens (including phenoxy) is 1. The Kier molecular flexibility index (Phi) is 4.13. The summed E-state index contributed by atoms with van der Waals surface area (Å²) in [6.45, 7) is 2.87. The summed E-state index contributed by atoms with van der Waals surface area (Å²) in [5.41, 5.74) is 6.88. The molecule has 0 bridgehead atoms. The second kappa shape index (κ2) is 5.48. The number of rotatable bonds is 4. The van der Waals surface area contributed by atoms with E-state index in [1.54, 1.807) is 32.2 Å². The molecule has 106 valence electrons. The molecule has 0 saturated carbocycles. The van der Waals surface area contributed by atoms with E-state index >= 15 is 0 Å². The molecule has 0 aliphatic carbocycles. The average molecular weight is 284 g/mol. The largest absolute Gasteiger partial charge is 0.399 e. The molecule has 0 amide bonds. The second-order valence-corrected chi connectivity index (χ2v) is 6.96. The summed E-state index contributed by atoms with van der Waals surface area (Å²) in [5, 5.41) is 0. The highest BCUT2D eigenvalue weighted by molar-refractivity contribution is 7.89. The van der Waals surface area contributed by atoms with E-state index in [0.717, 1.165) is 19.4 Å². The zero-order valence-corrected chi connectivity index (χ0v) is 12.1. The highest BCUT2D eigenvalue weighted by Gasteiger charge is 2.27. The number of nitrogens with two attached hydrogens (primary N) is 1. The van der Waals surface area contributed by atoms with Crippen molar-refractivity contribution in [3.8, 4) is 0 Å². The molecule has 0 aromatic heterocycles. The quantitative estimate of drug-likeness (QED) is 0.848. The van der Waals surface area contributed by atoms with Gasteiger partial charge in [-0.1, -0.05) is 0 Å². The molecule has 6 heteroatoms. The normalized spacial score (nSPS) is 20.1. The fourth-order valence-corrected chi connectivity index (χ4v) is 3.71. The van der Waals surface area contributed by atoms with Crippen molar-refractivity contribution in [1.29, 1.82) is 0 Å². The van der Waals surface area contributed by atoms with Gasteiger partial charge in [0, 0.05) is 25.9 Å². The zero-order valence-electron chi connectivity index (χ0n) is 11.3. The summed E-state index contributed by atoms with van der Waals surface area (Å²) in [6, 6.07) is 4.85. The summed E-state index contributed by atoms with van der Waals surface area (Å²) in [7, 11) is -1.89. The van der Waals surface area contributed by atoms with Crippen LogP contribution < -0.4 is 5.73 Å². The number of aryl methyl sites for hydroxylation is 1. The number of hydrogen-bond donors (Lipinski definition) is 1. The maximum absolute atomic E-state index is 12.5. The maximum Gasteiger partial charge on any atom is 0.243 e. The van der Waals surface area contributed by atoms with Gasteiger partial charge in [0.25, 0.3) is 0 Å². The second-order valence-electron chi connectivity index (χ2n) is 4.95. The van der Waals surface area contributed by atoms with Gasteiger partial charge in [-0.2, -0.15) is 4.31 Å². The first-order valence-corrected chi connectivity index (χ1v) is 7.79. The molecule has 5 nitrogen and oxygen atoms in total. The van der Waals surface area contributed by atoms with Crippen LogP contribution in [0.1, 0.15) is 18.4 Å². The van der Waals surface area contributed by atoms with Crippen LogP contribution in [0.25, 0.3) is 0 Å². The number of benzene rings is 1. The highest BCUT2D eigenvalue weighted by Crippen LogP contribution is 2.22. The molecule has 1 saturated heterocycles. The number of anilines is 1. The van der Waals surface area contributed by atoms with Crippen LogP contribution in [0.5, 0.6) is 0 Å². The molecular formula is C13H20N2O3S. The standard InChI is InChI=1S/C13H20N2O3S/c1-10-8-11(14)5-6-13(10)19(16,17)15(2)9-12-4-3-7-18-12/h5-6,8,12H,3-4,7,9,14H2,1-2H3. The van der Waals surface area contributed by atoms with Crippen LogP contribution in [0.2, 0.25) is 0 Å². The third-order valence-electron chi connectivity index (χ3n) is 3.37. The maximum atomic E-state index is 12.5. The number of sulfonamides is 1. The van der Waals surface area contributed by atoms with Gasteiger partial charge < -0.3 is 10.5 Å². The first-order valence-electron chi connectivity index (χ1n) is 6.35. The molecule has 1 heterocycles. The van der Waals surface area contributed by atoms with E-state index in [1.165, 1.54) is 4.31 Å². The number of nitrogen functional groups attached to an aromatic ring is 1. The molecule has 1 atom stereocenters. The summed E-state index contributed by atoms with van der Waals surface area (Å²) in [5.74, 6) is 0. The average Bonchev–Trinajstić information content (AvgIpc) is 2.81. The van der Waals surface area contributed by atoms with E-state index in [0.29, 0.717) is 22.7 Å². The van der Waals surface area contributed by atoms with E-state index in [1.807, 2.05) is 0 Å². The molecule has 2 N–H and O–H groups in total. The molecule has 0 spiro atoms. The third-order valence-corrected chi connectivity index (χ3v) is 5.36. The SMILES string of the molecule is Cc1cc(N)ccc1S(=O)(=O)N(C)CC1CCCO1. The summed E-state index contributed by atoms with van der Waals surface area (Å²) < 4.78 is 31.8. The minimum Gasteiger partial charge on any atom is -0.399 e. The molecule has 1 aromatic rings. The van der Waals surface area contributed by atoms with Gasteiger partial charge in [0.2, 0.25) is 10.0 Å². The fraction of sp³-hybridized carbons (Fsp3) is 0.538. The lowest BCUT2D eigenvalue weighted by atomic mass is 10.2. The molecule has 2 rings (SSSR count). The Bertz CT molecular complexity index is 551. The van der Waals surface area contributed by atoms with Crippen LogP contribution in [0.3, 0.4) is 0 Å². The van der Waals surface area contributed by atoms with Crippen LogP contribution >= 0.6 is 0 Å². The van der Waals surface area contributed by atoms with E-state index in [4.69, 9.17) is 10.5 Å². The molecule has 1 aliphatic rings. The zero-order chi connectivity index (χ0) is 14.0. The predicted octanol–water partition coefficient (Wildman–Crippen LogP) is 1.38. The van der Waals surface area contributed by atoms with Crippen LogP contribution in [0.4, 0.5) is 5.69 Å². The Balaban J connectivity index is 2.20. The van der Waals surface area contributed by atoms with Gasteiger partial charge in [0.1, 0.15) is 0 Å². The molecule has 1 aromatic carbocycles. The third kappa shape index (κ3) is 3.08. The monoisotopic (exact) mass is 284 g/mol. The molecule has 1 aliphatic heterocycles. The Labute approximate surface area is 114 Å². The number of likely N-dealkylation sites (N-methyl/N-ethyl adjacent to an activating group) is 1. The van der Waals surface area contributed by atoms with Gasteiger partial charge in [-0.05, 0) is 43.5 Å². The Morgan fingerprint density at radius 2 is 2.21 bits per heavy atom. The van der Waals surface area contributed by atoms with E-state index < -0.39 is 10.0 Å². The topological polar surface area (TPSA) is 72.6 Å². The van der Waals surface area contributed by atoms with Crippen LogP contribution in [0.15, 0.2) is 23.1 Å². The minimum absolute atomic E-state index is 0.00821. The fourth-order valence-electron chi connectivity index (χ4n) is 2.30. The number of nitrogens with zero attached hydrogens (tertiary/aromatic N) is 1. The van der Waals surface area contributed by atoms with Crippen molar-refractivity contribution in [2.75, 3.05) is 25.9 Å². The highest BCUT2D eigenvalue weighted by atomic mass is 32.2. The van der Waals surface area contributed by atoms with Crippen molar-refractivity contribution >= 4 is 15.7 Å². The summed E-state index contributed by atoms with van der Waals surface area (Å²) >= 11 is 0. The van der Waals surface area contributed by atoms with Gasteiger partial charge in [0.15, 0.2) is 0 Å². The summed E-state index contributed by atoms with van der Waals surface area (Å²) in [6.07, 6.45) is 1.92. The van der Waals surface area contributed by atoms with Gasteiger partial charge in [-0.3, -0.25) is 0 Å². The lowest BCUT2D eigenvalue weighted by Gasteiger charge is -2.21. The minimum atomic E-state index is -3.48. The van der Waals surface area contributed by atoms with Gasteiger partial charge in [-0.25, -0.2) is 8.42 Å². The lowest BCUT2D eigenvalue weighted by molar-refractivity contribution is 0.0979. The first kappa shape index (κ1) is 14.3. The van der Waals surface area contributed by atoms with Gasteiger partial charge in [0.05, 0.1) is 11.0 Å². The molecule has 19 heavy (non-hydrogen) atoms. The molecule has 0 radical (unpaired) electrons. The van der Waals surface area contributed by atoms with Crippen molar-refractivity contribution < 1.29 is 13.2 Å². The van der Waals surface area contributed by atoms with Crippen molar-refractivity contribution in [3.63, 3.8) is 0 Å². The van der Waals surface area contributed by atoms with Crippen LogP contribution in [-0.4, -0.2) is 39.0 Å². The first-order chi connectivity index (χ1) is 8.91. The Morgan fingerprint density at radius 1 is 1.47 bits per heavy atom. The Morgan fingerprint density at radius 3 is 2.79 bits per heavy atom. The van der Waals surface area contributed by atoms with Crippen LogP contribution in [0, 0.1) is 6.92 Å². The van der Waals surface area contributed by atoms with Gasteiger partial charge >= 0.3 is 0 Å². The molecular weight excluding hydrogens is 264 g/mol.